The van der Waals surface area contributed by atoms with Crippen LogP contribution in [-0.4, -0.2) is 67.1 Å². The molecule has 2 aliphatic heterocycles. The number of benzene rings is 3. The number of carbonyl (C=O) groups is 1. The molecule has 1 atom stereocenters. The van der Waals surface area contributed by atoms with Crippen molar-refractivity contribution in [2.75, 3.05) is 39.3 Å². The van der Waals surface area contributed by atoms with E-state index in [0.717, 1.165) is 45.4 Å². The molecule has 2 fully saturated rings. The number of carbonyl (C=O) groups excluding carboxylic acids is 1. The third-order valence-corrected chi connectivity index (χ3v) is 9.01. The molecule has 218 valence electrons. The molecular formula is C35H44ClN3O2. The van der Waals surface area contributed by atoms with E-state index in [1.165, 1.54) is 36.9 Å². The van der Waals surface area contributed by atoms with Crippen LogP contribution in [0.15, 0.2) is 78.9 Å². The average Bonchev–Trinajstić information content (AvgIpc) is 3.01. The number of hydrogen-bond donors (Lipinski definition) is 1. The van der Waals surface area contributed by atoms with Crippen LogP contribution in [-0.2, 0) is 0 Å². The summed E-state index contributed by atoms with van der Waals surface area (Å²) < 4.78 is 6.32. The number of piperidine rings is 2. The van der Waals surface area contributed by atoms with Gasteiger partial charge in [0.25, 0.3) is 5.91 Å². The fourth-order valence-electron chi connectivity index (χ4n) is 6.23. The third-order valence-electron chi connectivity index (χ3n) is 8.72. The van der Waals surface area contributed by atoms with Crippen LogP contribution in [0.5, 0.6) is 5.75 Å². The Bertz CT molecular complexity index is 1190. The Hall–Kier alpha value is -2.86. The molecule has 1 N–H and O–H groups in total. The molecule has 6 heteroatoms. The number of nitrogens with zero attached hydrogens (tertiary/aromatic N) is 2. The molecule has 0 bridgehead atoms. The van der Waals surface area contributed by atoms with Crippen molar-refractivity contribution >= 4 is 17.5 Å². The van der Waals surface area contributed by atoms with Gasteiger partial charge in [-0.3, -0.25) is 4.79 Å². The molecule has 0 aliphatic carbocycles. The standard InChI is InChI=1S/C35H44ClN3O2/c1-27-11-8-9-21-39(27)22-10-20-37-35(40)30-16-17-34(33(36)25-30)41-31-18-23-38(24-19-31)26-32(28-12-4-2-5-13-28)29-14-6-3-7-15-29/h2-7,12-17,25,27,31-32H,8-11,18-24,26H2,1H3,(H,37,40). The lowest BCUT2D eigenvalue weighted by molar-refractivity contribution is 0.0947. The molecule has 5 nitrogen and oxygen atoms in total. The zero-order valence-corrected chi connectivity index (χ0v) is 25.1. The molecule has 0 aromatic heterocycles. The second kappa shape index (κ2) is 14.9. The number of rotatable bonds is 11. The van der Waals surface area contributed by atoms with E-state index in [2.05, 4.69) is 82.7 Å². The quantitative estimate of drug-likeness (QED) is 0.251. The van der Waals surface area contributed by atoms with Gasteiger partial charge in [0.15, 0.2) is 0 Å². The Kier molecular flexibility index (Phi) is 10.7. The number of likely N-dealkylation sites (tertiary alicyclic amines) is 2. The van der Waals surface area contributed by atoms with E-state index in [-0.39, 0.29) is 12.0 Å². The highest BCUT2D eigenvalue weighted by Gasteiger charge is 2.25. The maximum atomic E-state index is 12.7. The van der Waals surface area contributed by atoms with Crippen LogP contribution in [0.3, 0.4) is 0 Å². The lowest BCUT2D eigenvalue weighted by Crippen LogP contribution is -2.40. The molecule has 3 aromatic carbocycles. The summed E-state index contributed by atoms with van der Waals surface area (Å²) in [7, 11) is 0. The molecule has 3 aromatic rings. The molecular weight excluding hydrogens is 530 g/mol. The van der Waals surface area contributed by atoms with Gasteiger partial charge in [0.2, 0.25) is 0 Å². The van der Waals surface area contributed by atoms with E-state index >= 15 is 0 Å². The van der Waals surface area contributed by atoms with E-state index in [1.54, 1.807) is 6.07 Å². The largest absolute Gasteiger partial charge is 0.489 e. The number of nitrogens with one attached hydrogen (secondary N) is 1. The zero-order valence-electron chi connectivity index (χ0n) is 24.3. The topological polar surface area (TPSA) is 44.8 Å². The Balaban J connectivity index is 1.08. The number of amides is 1. The summed E-state index contributed by atoms with van der Waals surface area (Å²) >= 11 is 6.58. The van der Waals surface area contributed by atoms with Gasteiger partial charge in [0.05, 0.1) is 5.02 Å². The third kappa shape index (κ3) is 8.34. The minimum absolute atomic E-state index is 0.0789. The molecule has 0 radical (unpaired) electrons. The van der Waals surface area contributed by atoms with E-state index in [0.29, 0.717) is 34.8 Å². The Labute approximate surface area is 250 Å². The highest BCUT2D eigenvalue weighted by molar-refractivity contribution is 6.32. The highest BCUT2D eigenvalue weighted by atomic mass is 35.5. The average molecular weight is 574 g/mol. The first-order valence-electron chi connectivity index (χ1n) is 15.4. The van der Waals surface area contributed by atoms with Crippen LogP contribution in [0, 0.1) is 0 Å². The van der Waals surface area contributed by atoms with Crippen molar-refractivity contribution in [1.29, 1.82) is 0 Å². The second-order valence-electron chi connectivity index (χ2n) is 11.6. The summed E-state index contributed by atoms with van der Waals surface area (Å²) in [5, 5.41) is 3.55. The van der Waals surface area contributed by atoms with Crippen LogP contribution in [0.1, 0.15) is 72.9 Å². The monoisotopic (exact) mass is 573 g/mol. The van der Waals surface area contributed by atoms with Gasteiger partial charge in [-0.1, -0.05) is 78.7 Å². The second-order valence-corrected chi connectivity index (χ2v) is 12.0. The van der Waals surface area contributed by atoms with E-state index in [1.807, 2.05) is 12.1 Å². The summed E-state index contributed by atoms with van der Waals surface area (Å²) in [5.41, 5.74) is 3.28. The maximum Gasteiger partial charge on any atom is 0.251 e. The lowest BCUT2D eigenvalue weighted by Gasteiger charge is -2.34. The van der Waals surface area contributed by atoms with Crippen LogP contribution in [0.2, 0.25) is 5.02 Å². The summed E-state index contributed by atoms with van der Waals surface area (Å²) in [6.45, 7) is 8.14. The minimum Gasteiger partial charge on any atom is -0.489 e. The van der Waals surface area contributed by atoms with Crippen LogP contribution < -0.4 is 10.1 Å². The van der Waals surface area contributed by atoms with Gasteiger partial charge in [0.1, 0.15) is 11.9 Å². The van der Waals surface area contributed by atoms with Crippen LogP contribution in [0.25, 0.3) is 0 Å². The summed E-state index contributed by atoms with van der Waals surface area (Å²) in [6, 6.07) is 27.6. The fraction of sp³-hybridized carbons (Fsp3) is 0.457. The Morgan fingerprint density at radius 1 is 0.927 bits per heavy atom. The van der Waals surface area contributed by atoms with E-state index in [4.69, 9.17) is 16.3 Å². The summed E-state index contributed by atoms with van der Waals surface area (Å²) in [5.74, 6) is 0.924. The first kappa shape index (κ1) is 29.6. The van der Waals surface area contributed by atoms with Gasteiger partial charge in [-0.2, -0.15) is 0 Å². The first-order chi connectivity index (χ1) is 20.1. The van der Waals surface area contributed by atoms with Crippen molar-refractivity contribution in [3.8, 4) is 5.75 Å². The van der Waals surface area contributed by atoms with Crippen LogP contribution in [0.4, 0.5) is 0 Å². The molecule has 1 amide bonds. The molecule has 1 unspecified atom stereocenters. The number of halogens is 1. The molecule has 5 rings (SSSR count). The van der Waals surface area contributed by atoms with Crippen molar-refractivity contribution in [3.63, 3.8) is 0 Å². The van der Waals surface area contributed by atoms with Gasteiger partial charge >= 0.3 is 0 Å². The molecule has 2 heterocycles. The maximum absolute atomic E-state index is 12.7. The fourth-order valence-corrected chi connectivity index (χ4v) is 6.46. The number of hydrogen-bond acceptors (Lipinski definition) is 4. The summed E-state index contributed by atoms with van der Waals surface area (Å²) in [4.78, 5) is 17.8. The van der Waals surface area contributed by atoms with Crippen molar-refractivity contribution < 1.29 is 9.53 Å². The Morgan fingerprint density at radius 2 is 1.61 bits per heavy atom. The molecule has 2 aliphatic rings. The molecule has 41 heavy (non-hydrogen) atoms. The van der Waals surface area contributed by atoms with E-state index in [9.17, 15) is 4.79 Å². The highest BCUT2D eigenvalue weighted by Crippen LogP contribution is 2.30. The Morgan fingerprint density at radius 3 is 2.24 bits per heavy atom. The summed E-state index contributed by atoms with van der Waals surface area (Å²) in [6.07, 6.45) is 6.87. The van der Waals surface area contributed by atoms with Crippen molar-refractivity contribution in [2.24, 2.45) is 0 Å². The first-order valence-corrected chi connectivity index (χ1v) is 15.8. The molecule has 0 saturated carbocycles. The van der Waals surface area contributed by atoms with Gasteiger partial charge < -0.3 is 19.9 Å². The van der Waals surface area contributed by atoms with Crippen molar-refractivity contribution in [3.05, 3.63) is 101 Å². The van der Waals surface area contributed by atoms with Crippen molar-refractivity contribution in [2.45, 2.75) is 63.5 Å². The van der Waals surface area contributed by atoms with Gasteiger partial charge in [-0.25, -0.2) is 0 Å². The molecule has 0 spiro atoms. The number of ether oxygens (including phenoxy) is 1. The smallest absolute Gasteiger partial charge is 0.251 e. The van der Waals surface area contributed by atoms with Gasteiger partial charge in [-0.15, -0.1) is 0 Å². The normalized spacial score (nSPS) is 18.9. The minimum atomic E-state index is -0.0789. The van der Waals surface area contributed by atoms with Crippen LogP contribution >= 0.6 is 11.6 Å². The van der Waals surface area contributed by atoms with Gasteiger partial charge in [0, 0.05) is 50.2 Å². The SMILES string of the molecule is CC1CCCCN1CCCNC(=O)c1ccc(OC2CCN(CC(c3ccccc3)c3ccccc3)CC2)c(Cl)c1. The van der Waals surface area contributed by atoms with Crippen molar-refractivity contribution in [1.82, 2.24) is 15.1 Å². The van der Waals surface area contributed by atoms with E-state index < -0.39 is 0 Å². The zero-order chi connectivity index (χ0) is 28.4. The lowest BCUT2D eigenvalue weighted by atomic mass is 9.90. The van der Waals surface area contributed by atoms with Gasteiger partial charge in [-0.05, 0) is 74.9 Å². The predicted molar refractivity (Wildman–Crippen MR) is 168 cm³/mol. The molecule has 2 saturated heterocycles. The predicted octanol–water partition coefficient (Wildman–Crippen LogP) is 7.01.